The van der Waals surface area contributed by atoms with Gasteiger partial charge in [0.1, 0.15) is 11.8 Å². The van der Waals surface area contributed by atoms with Gasteiger partial charge in [0.25, 0.3) is 5.91 Å². The van der Waals surface area contributed by atoms with Crippen LogP contribution in [0.4, 0.5) is 10.5 Å². The molecule has 2 heterocycles. The normalized spacial score (nSPS) is 29.4. The van der Waals surface area contributed by atoms with Crippen molar-refractivity contribution in [2.75, 3.05) is 25.1 Å². The Balaban J connectivity index is 1.40. The second kappa shape index (κ2) is 7.67. The lowest BCUT2D eigenvalue weighted by molar-refractivity contribution is -0.144. The van der Waals surface area contributed by atoms with E-state index >= 15 is 0 Å². The molecule has 0 unspecified atom stereocenters. The van der Waals surface area contributed by atoms with Gasteiger partial charge in [0.05, 0.1) is 24.8 Å². The van der Waals surface area contributed by atoms with E-state index in [9.17, 15) is 19.5 Å². The number of urea groups is 1. The number of anilines is 1. The quantitative estimate of drug-likeness (QED) is 0.748. The van der Waals surface area contributed by atoms with Crippen molar-refractivity contribution < 1.29 is 24.2 Å². The molecule has 0 radical (unpaired) electrons. The Hall–Kier alpha value is -2.61. The molecule has 3 aliphatic rings. The van der Waals surface area contributed by atoms with Gasteiger partial charge >= 0.3 is 6.03 Å². The molecule has 1 saturated carbocycles. The highest BCUT2D eigenvalue weighted by molar-refractivity contribution is 6.22. The molecular formula is C21H27N3O5. The van der Waals surface area contributed by atoms with E-state index in [1.165, 1.54) is 0 Å². The van der Waals surface area contributed by atoms with Crippen molar-refractivity contribution in [2.24, 2.45) is 5.92 Å². The predicted molar refractivity (Wildman–Crippen MR) is 106 cm³/mol. The Kier molecular flexibility index (Phi) is 5.21. The van der Waals surface area contributed by atoms with Crippen LogP contribution in [0.15, 0.2) is 24.3 Å². The van der Waals surface area contributed by atoms with Gasteiger partial charge in [-0.1, -0.05) is 12.8 Å². The Morgan fingerprint density at radius 1 is 1.24 bits per heavy atom. The smallest absolute Gasteiger partial charge is 0.329 e. The minimum absolute atomic E-state index is 0.0671. The van der Waals surface area contributed by atoms with Crippen LogP contribution in [0.5, 0.6) is 5.75 Å². The number of carbonyl (C=O) groups is 3. The first-order chi connectivity index (χ1) is 13.9. The lowest BCUT2D eigenvalue weighted by Gasteiger charge is -2.47. The number of nitrogens with one attached hydrogen (secondary N) is 1. The third kappa shape index (κ3) is 3.69. The third-order valence-corrected chi connectivity index (χ3v) is 6.51. The highest BCUT2D eigenvalue weighted by atomic mass is 16.5. The highest BCUT2D eigenvalue weighted by Gasteiger charge is 2.45. The number of hydrogen-bond donors (Lipinski definition) is 2. The molecule has 2 aliphatic heterocycles. The van der Waals surface area contributed by atoms with Gasteiger partial charge < -0.3 is 20.1 Å². The average molecular weight is 401 g/mol. The average Bonchev–Trinajstić information content (AvgIpc) is 3.00. The van der Waals surface area contributed by atoms with Crippen LogP contribution in [0.2, 0.25) is 0 Å². The molecule has 2 N–H and O–H groups in total. The first-order valence-electron chi connectivity index (χ1n) is 10.2. The van der Waals surface area contributed by atoms with E-state index in [0.717, 1.165) is 30.6 Å². The largest absolute Gasteiger partial charge is 0.497 e. The van der Waals surface area contributed by atoms with E-state index in [1.54, 1.807) is 36.3 Å². The van der Waals surface area contributed by atoms with Crippen LogP contribution in [0.3, 0.4) is 0 Å². The second-order valence-electron chi connectivity index (χ2n) is 8.21. The zero-order valence-electron chi connectivity index (χ0n) is 16.6. The summed E-state index contributed by atoms with van der Waals surface area (Å²) in [5, 5.41) is 13.4. The molecule has 2 saturated heterocycles. The van der Waals surface area contributed by atoms with Crippen molar-refractivity contribution in [1.82, 2.24) is 10.2 Å². The maximum Gasteiger partial charge on any atom is 0.329 e. The Morgan fingerprint density at radius 3 is 2.72 bits per heavy atom. The Labute approximate surface area is 169 Å². The summed E-state index contributed by atoms with van der Waals surface area (Å²) in [4.78, 5) is 40.7. The molecule has 8 heteroatoms. The van der Waals surface area contributed by atoms with Crippen molar-refractivity contribution >= 4 is 23.5 Å². The molecule has 3 atom stereocenters. The van der Waals surface area contributed by atoms with Crippen molar-refractivity contribution in [3.63, 3.8) is 0 Å². The minimum Gasteiger partial charge on any atom is -0.497 e. The van der Waals surface area contributed by atoms with Crippen LogP contribution in [-0.4, -0.2) is 59.7 Å². The van der Waals surface area contributed by atoms with E-state index in [-0.39, 0.29) is 18.2 Å². The van der Waals surface area contributed by atoms with Crippen molar-refractivity contribution in [3.05, 3.63) is 24.3 Å². The fraction of sp³-hybridized carbons (Fsp3) is 0.571. The van der Waals surface area contributed by atoms with Crippen LogP contribution in [0.25, 0.3) is 0 Å². The fourth-order valence-corrected chi connectivity index (χ4v) is 4.75. The summed E-state index contributed by atoms with van der Waals surface area (Å²) in [7, 11) is 1.54. The first-order valence-corrected chi connectivity index (χ1v) is 10.2. The number of piperidine rings is 1. The molecule has 1 aromatic carbocycles. The van der Waals surface area contributed by atoms with Gasteiger partial charge in [-0.3, -0.25) is 9.59 Å². The molecule has 0 aromatic heterocycles. The van der Waals surface area contributed by atoms with Crippen LogP contribution < -0.4 is 15.0 Å². The number of benzene rings is 1. The van der Waals surface area contributed by atoms with Gasteiger partial charge in [0.15, 0.2) is 0 Å². The summed E-state index contributed by atoms with van der Waals surface area (Å²) in [6.07, 6.45) is 4.33. The van der Waals surface area contributed by atoms with Crippen LogP contribution >= 0.6 is 0 Å². The summed E-state index contributed by atoms with van der Waals surface area (Å²) >= 11 is 0. The van der Waals surface area contributed by atoms with E-state index in [0.29, 0.717) is 30.9 Å². The number of likely N-dealkylation sites (tertiary alicyclic amines) is 1. The number of fused-ring (bicyclic) bond motifs is 1. The number of methoxy groups -OCH3 is 1. The van der Waals surface area contributed by atoms with Gasteiger partial charge in [0.2, 0.25) is 5.91 Å². The van der Waals surface area contributed by atoms with Crippen molar-refractivity contribution in [1.29, 1.82) is 0 Å². The monoisotopic (exact) mass is 401 g/mol. The molecule has 0 bridgehead atoms. The number of imide groups is 1. The van der Waals surface area contributed by atoms with Crippen LogP contribution in [0, 0.1) is 5.92 Å². The molecule has 0 spiro atoms. The molecule has 3 fully saturated rings. The highest BCUT2D eigenvalue weighted by Crippen LogP contribution is 2.40. The zero-order chi connectivity index (χ0) is 20.6. The predicted octanol–water partition coefficient (Wildman–Crippen LogP) is 1.66. The second-order valence-corrected chi connectivity index (χ2v) is 8.21. The Morgan fingerprint density at radius 2 is 2.00 bits per heavy atom. The maximum absolute atomic E-state index is 12.8. The summed E-state index contributed by atoms with van der Waals surface area (Å²) in [5.74, 6) is 0.131. The van der Waals surface area contributed by atoms with E-state index in [1.807, 2.05) is 0 Å². The number of carbonyl (C=O) groups excluding carboxylic acids is 3. The van der Waals surface area contributed by atoms with Crippen molar-refractivity contribution in [3.8, 4) is 5.75 Å². The van der Waals surface area contributed by atoms with Gasteiger partial charge in [-0.15, -0.1) is 0 Å². The number of ether oxygens (including phenoxy) is 1. The third-order valence-electron chi connectivity index (χ3n) is 6.51. The number of amides is 4. The van der Waals surface area contributed by atoms with Gasteiger partial charge in [-0.05, 0) is 43.5 Å². The van der Waals surface area contributed by atoms with Crippen LogP contribution in [0.1, 0.15) is 38.5 Å². The number of aliphatic hydroxyl groups is 1. The number of rotatable bonds is 4. The zero-order valence-corrected chi connectivity index (χ0v) is 16.6. The summed E-state index contributed by atoms with van der Waals surface area (Å²) in [5.41, 5.74) is -0.217. The lowest BCUT2D eigenvalue weighted by Crippen LogP contribution is -2.55. The van der Waals surface area contributed by atoms with E-state index < -0.39 is 23.6 Å². The molecule has 4 rings (SSSR count). The number of hydrogen-bond acceptors (Lipinski definition) is 5. The topological polar surface area (TPSA) is 99.2 Å². The SMILES string of the molecule is COc1ccc(N2C(=O)N[C@@H](CC(=O)N3CC[C@@]4(O)CCCC[C@H]4C3)C2=O)cc1. The van der Waals surface area contributed by atoms with Crippen LogP contribution in [-0.2, 0) is 9.59 Å². The lowest BCUT2D eigenvalue weighted by atomic mass is 9.71. The summed E-state index contributed by atoms with van der Waals surface area (Å²) < 4.78 is 5.10. The fourth-order valence-electron chi connectivity index (χ4n) is 4.75. The standard InChI is InChI=1S/C21H27N3O5/c1-29-16-7-5-15(6-8-16)24-19(26)17(22-20(24)27)12-18(25)23-11-10-21(28)9-3-2-4-14(21)13-23/h5-8,14,17,28H,2-4,9-13H2,1H3,(H,22,27)/t14-,17-,21-/m0/s1. The van der Waals surface area contributed by atoms with E-state index in [2.05, 4.69) is 5.32 Å². The number of nitrogens with zero attached hydrogens (tertiary/aromatic N) is 2. The minimum atomic E-state index is -0.871. The molecule has 4 amide bonds. The van der Waals surface area contributed by atoms with E-state index in [4.69, 9.17) is 4.74 Å². The maximum atomic E-state index is 12.8. The molecule has 1 aromatic rings. The van der Waals surface area contributed by atoms with Gasteiger partial charge in [0, 0.05) is 19.0 Å². The van der Waals surface area contributed by atoms with Gasteiger partial charge in [-0.2, -0.15) is 0 Å². The summed E-state index contributed by atoms with van der Waals surface area (Å²) in [6.45, 7) is 1.01. The molecule has 156 valence electrons. The molecule has 8 nitrogen and oxygen atoms in total. The molecule has 29 heavy (non-hydrogen) atoms. The molecule has 1 aliphatic carbocycles. The first kappa shape index (κ1) is 19.7. The Bertz CT molecular complexity index is 811. The summed E-state index contributed by atoms with van der Waals surface area (Å²) in [6, 6.07) is 5.22. The van der Waals surface area contributed by atoms with Gasteiger partial charge in [-0.25, -0.2) is 9.69 Å². The van der Waals surface area contributed by atoms with Crippen molar-refractivity contribution in [2.45, 2.75) is 50.2 Å². The molecular weight excluding hydrogens is 374 g/mol.